The van der Waals surface area contributed by atoms with Gasteiger partial charge in [-0.1, -0.05) is 12.1 Å². The van der Waals surface area contributed by atoms with Crippen molar-refractivity contribution in [3.05, 3.63) is 54.1 Å². The SMILES string of the molecule is Nc1nccnc1CC1CCCN(Cc2ccc3cc[nH]c3c2)C1. The molecule has 1 fully saturated rings. The normalized spacial score (nSPS) is 18.9. The highest BCUT2D eigenvalue weighted by Gasteiger charge is 2.21. The Bertz CT molecular complexity index is 825. The van der Waals surface area contributed by atoms with Gasteiger partial charge in [-0.3, -0.25) is 9.88 Å². The maximum atomic E-state index is 5.95. The first-order chi connectivity index (χ1) is 11.8. The standard InChI is InChI=1S/C19H23N5/c20-19-18(22-7-8-23-19)11-14-2-1-9-24(12-14)13-15-3-4-16-5-6-21-17(16)10-15/h3-8,10,14,21H,1-2,9,11-13H2,(H2,20,23). The zero-order chi connectivity index (χ0) is 16.4. The van der Waals surface area contributed by atoms with Crippen molar-refractivity contribution in [3.8, 4) is 0 Å². The van der Waals surface area contributed by atoms with Crippen molar-refractivity contribution in [3.63, 3.8) is 0 Å². The summed E-state index contributed by atoms with van der Waals surface area (Å²) in [6, 6.07) is 8.81. The second-order valence-corrected chi connectivity index (χ2v) is 6.74. The molecule has 5 nitrogen and oxygen atoms in total. The van der Waals surface area contributed by atoms with Gasteiger partial charge in [0.05, 0.1) is 5.69 Å². The number of benzene rings is 1. The predicted octanol–water partition coefficient (Wildman–Crippen LogP) is 2.99. The first-order valence-electron chi connectivity index (χ1n) is 8.61. The van der Waals surface area contributed by atoms with Crippen LogP contribution in [0.3, 0.4) is 0 Å². The van der Waals surface area contributed by atoms with Crippen molar-refractivity contribution >= 4 is 16.7 Å². The zero-order valence-electron chi connectivity index (χ0n) is 13.8. The number of H-pyrrole nitrogens is 1. The number of fused-ring (bicyclic) bond motifs is 1. The fourth-order valence-corrected chi connectivity index (χ4v) is 3.72. The van der Waals surface area contributed by atoms with E-state index in [9.17, 15) is 0 Å². The summed E-state index contributed by atoms with van der Waals surface area (Å²) in [6.07, 6.45) is 8.78. The van der Waals surface area contributed by atoms with E-state index in [2.05, 4.69) is 44.1 Å². The molecule has 1 aromatic carbocycles. The number of piperidine rings is 1. The third kappa shape index (κ3) is 3.26. The molecule has 0 bridgehead atoms. The molecule has 1 aliphatic rings. The van der Waals surface area contributed by atoms with Crippen LogP contribution in [0.1, 0.15) is 24.1 Å². The first-order valence-corrected chi connectivity index (χ1v) is 8.61. The second-order valence-electron chi connectivity index (χ2n) is 6.74. The lowest BCUT2D eigenvalue weighted by molar-refractivity contribution is 0.166. The molecule has 0 amide bonds. The number of rotatable bonds is 4. The summed E-state index contributed by atoms with van der Waals surface area (Å²) in [4.78, 5) is 14.4. The summed E-state index contributed by atoms with van der Waals surface area (Å²) in [6.45, 7) is 3.26. The Morgan fingerprint density at radius 3 is 3.04 bits per heavy atom. The van der Waals surface area contributed by atoms with E-state index in [1.165, 1.54) is 29.3 Å². The van der Waals surface area contributed by atoms with Crippen LogP contribution >= 0.6 is 0 Å². The maximum absolute atomic E-state index is 5.95. The highest BCUT2D eigenvalue weighted by Crippen LogP contribution is 2.23. The molecule has 1 unspecified atom stereocenters. The van der Waals surface area contributed by atoms with Crippen LogP contribution in [0.25, 0.3) is 10.9 Å². The molecule has 124 valence electrons. The van der Waals surface area contributed by atoms with Crippen LogP contribution in [0.15, 0.2) is 42.9 Å². The van der Waals surface area contributed by atoms with E-state index in [-0.39, 0.29) is 0 Å². The van der Waals surface area contributed by atoms with Crippen LogP contribution in [0.2, 0.25) is 0 Å². The number of hydrogen-bond donors (Lipinski definition) is 2. The van der Waals surface area contributed by atoms with Gasteiger partial charge < -0.3 is 10.7 Å². The third-order valence-corrected chi connectivity index (χ3v) is 4.92. The fraction of sp³-hybridized carbons (Fsp3) is 0.368. The Balaban J connectivity index is 1.42. The summed E-state index contributed by atoms with van der Waals surface area (Å²) in [7, 11) is 0. The average Bonchev–Trinajstić information content (AvgIpc) is 3.05. The van der Waals surface area contributed by atoms with E-state index in [4.69, 9.17) is 5.73 Å². The monoisotopic (exact) mass is 321 g/mol. The van der Waals surface area contributed by atoms with Crippen molar-refractivity contribution in [1.29, 1.82) is 0 Å². The van der Waals surface area contributed by atoms with Crippen molar-refractivity contribution in [2.75, 3.05) is 18.8 Å². The second kappa shape index (κ2) is 6.61. The molecule has 2 aromatic heterocycles. The Morgan fingerprint density at radius 1 is 1.21 bits per heavy atom. The lowest BCUT2D eigenvalue weighted by Gasteiger charge is -2.32. The van der Waals surface area contributed by atoms with E-state index < -0.39 is 0 Å². The largest absolute Gasteiger partial charge is 0.382 e. The van der Waals surface area contributed by atoms with Crippen LogP contribution in [-0.2, 0) is 13.0 Å². The van der Waals surface area contributed by atoms with E-state index in [0.717, 1.165) is 31.7 Å². The molecule has 1 atom stereocenters. The van der Waals surface area contributed by atoms with E-state index >= 15 is 0 Å². The van der Waals surface area contributed by atoms with Gasteiger partial charge in [-0.25, -0.2) is 4.98 Å². The molecule has 3 heterocycles. The van der Waals surface area contributed by atoms with Gasteiger partial charge >= 0.3 is 0 Å². The van der Waals surface area contributed by atoms with Crippen molar-refractivity contribution in [1.82, 2.24) is 19.9 Å². The molecule has 0 saturated carbocycles. The minimum absolute atomic E-state index is 0.576. The van der Waals surface area contributed by atoms with Crippen molar-refractivity contribution in [2.24, 2.45) is 5.92 Å². The molecule has 5 heteroatoms. The summed E-state index contributed by atoms with van der Waals surface area (Å²) in [5.74, 6) is 1.18. The van der Waals surface area contributed by atoms with Gasteiger partial charge in [0.15, 0.2) is 0 Å². The Morgan fingerprint density at radius 2 is 2.12 bits per heavy atom. The Hall–Kier alpha value is -2.40. The quantitative estimate of drug-likeness (QED) is 0.775. The Kier molecular flexibility index (Phi) is 4.17. The number of nitrogens with zero attached hydrogens (tertiary/aromatic N) is 3. The average molecular weight is 321 g/mol. The smallest absolute Gasteiger partial charge is 0.145 e. The molecule has 0 aliphatic carbocycles. The van der Waals surface area contributed by atoms with Crippen LogP contribution < -0.4 is 5.73 Å². The van der Waals surface area contributed by atoms with Crippen LogP contribution in [0.4, 0.5) is 5.82 Å². The van der Waals surface area contributed by atoms with E-state index in [0.29, 0.717) is 11.7 Å². The number of nitrogens with one attached hydrogen (secondary N) is 1. The van der Waals surface area contributed by atoms with Gasteiger partial charge in [0.25, 0.3) is 0 Å². The Labute approximate surface area is 141 Å². The van der Waals surface area contributed by atoms with Crippen LogP contribution in [-0.4, -0.2) is 32.9 Å². The lowest BCUT2D eigenvalue weighted by atomic mass is 9.93. The molecule has 0 spiro atoms. The van der Waals surface area contributed by atoms with Crippen molar-refractivity contribution < 1.29 is 0 Å². The molecule has 3 N–H and O–H groups in total. The number of aromatic amines is 1. The first kappa shape index (κ1) is 15.1. The molecule has 4 rings (SSSR count). The molecule has 1 aliphatic heterocycles. The summed E-state index contributed by atoms with van der Waals surface area (Å²) >= 11 is 0. The van der Waals surface area contributed by atoms with E-state index in [1.807, 2.05) is 6.20 Å². The molecule has 24 heavy (non-hydrogen) atoms. The van der Waals surface area contributed by atoms with Gasteiger partial charge in [-0.2, -0.15) is 0 Å². The minimum atomic E-state index is 0.576. The number of anilines is 1. The van der Waals surface area contributed by atoms with Gasteiger partial charge in [0, 0.05) is 37.2 Å². The number of aromatic nitrogens is 3. The van der Waals surface area contributed by atoms with Crippen LogP contribution in [0.5, 0.6) is 0 Å². The van der Waals surface area contributed by atoms with Gasteiger partial charge in [-0.15, -0.1) is 0 Å². The molecule has 0 radical (unpaired) electrons. The predicted molar refractivity (Wildman–Crippen MR) is 96.4 cm³/mol. The number of likely N-dealkylation sites (tertiary alicyclic amines) is 1. The number of nitrogens with two attached hydrogens (primary N) is 1. The topological polar surface area (TPSA) is 70.8 Å². The maximum Gasteiger partial charge on any atom is 0.145 e. The van der Waals surface area contributed by atoms with Gasteiger partial charge in [0.2, 0.25) is 0 Å². The number of hydrogen-bond acceptors (Lipinski definition) is 4. The lowest BCUT2D eigenvalue weighted by Crippen LogP contribution is -2.36. The fourth-order valence-electron chi connectivity index (χ4n) is 3.72. The highest BCUT2D eigenvalue weighted by atomic mass is 15.1. The summed E-state index contributed by atoms with van der Waals surface area (Å²) in [5.41, 5.74) is 9.47. The van der Waals surface area contributed by atoms with Crippen LogP contribution in [0, 0.1) is 5.92 Å². The summed E-state index contributed by atoms with van der Waals surface area (Å²) in [5, 5.41) is 1.27. The van der Waals surface area contributed by atoms with Gasteiger partial charge in [0.1, 0.15) is 5.82 Å². The summed E-state index contributed by atoms with van der Waals surface area (Å²) < 4.78 is 0. The van der Waals surface area contributed by atoms with E-state index in [1.54, 1.807) is 12.4 Å². The molecule has 1 saturated heterocycles. The number of nitrogen functional groups attached to an aromatic ring is 1. The molecular formula is C19H23N5. The third-order valence-electron chi connectivity index (χ3n) is 4.92. The van der Waals surface area contributed by atoms with Crippen molar-refractivity contribution in [2.45, 2.75) is 25.8 Å². The van der Waals surface area contributed by atoms with Gasteiger partial charge in [-0.05, 0) is 54.8 Å². The highest BCUT2D eigenvalue weighted by molar-refractivity contribution is 5.79. The molecular weight excluding hydrogens is 298 g/mol. The zero-order valence-corrected chi connectivity index (χ0v) is 13.8. The minimum Gasteiger partial charge on any atom is -0.382 e. The molecule has 3 aromatic rings.